The van der Waals surface area contributed by atoms with E-state index in [-0.39, 0.29) is 11.6 Å². The predicted molar refractivity (Wildman–Crippen MR) is 82.5 cm³/mol. The van der Waals surface area contributed by atoms with Crippen LogP contribution in [0.5, 0.6) is 0 Å². The lowest BCUT2D eigenvalue weighted by molar-refractivity contribution is 0.102. The van der Waals surface area contributed by atoms with Gasteiger partial charge in [0.2, 0.25) is 0 Å². The fourth-order valence-electron chi connectivity index (χ4n) is 2.30. The van der Waals surface area contributed by atoms with E-state index in [0.29, 0.717) is 28.0 Å². The van der Waals surface area contributed by atoms with Crippen molar-refractivity contribution in [1.29, 1.82) is 0 Å². The summed E-state index contributed by atoms with van der Waals surface area (Å²) in [5.41, 5.74) is 9.19. The van der Waals surface area contributed by atoms with E-state index in [2.05, 4.69) is 15.3 Å². The predicted octanol–water partition coefficient (Wildman–Crippen LogP) is 2.00. The standard InChI is InChI=1S/C15H14N4O2/c1-8-3-2-4-10(16)13(8)14(20)17-9-5-6-11-12(7-9)19-15(21)18-11/h2-7H,16H2,1H3,(H,17,20)(H2,18,19,21). The van der Waals surface area contributed by atoms with Gasteiger partial charge in [-0.15, -0.1) is 0 Å². The van der Waals surface area contributed by atoms with Crippen LogP contribution in [0, 0.1) is 6.92 Å². The first kappa shape index (κ1) is 13.0. The molecule has 0 spiro atoms. The molecule has 0 saturated carbocycles. The Morgan fingerprint density at radius 1 is 1.14 bits per heavy atom. The highest BCUT2D eigenvalue weighted by molar-refractivity contribution is 6.09. The van der Waals surface area contributed by atoms with E-state index in [0.717, 1.165) is 5.56 Å². The number of aromatic amines is 2. The lowest BCUT2D eigenvalue weighted by atomic mass is 10.1. The minimum absolute atomic E-state index is 0.275. The lowest BCUT2D eigenvalue weighted by Gasteiger charge is -2.10. The number of H-pyrrole nitrogens is 2. The van der Waals surface area contributed by atoms with E-state index in [1.807, 2.05) is 13.0 Å². The molecule has 1 heterocycles. The maximum Gasteiger partial charge on any atom is 0.323 e. The van der Waals surface area contributed by atoms with Gasteiger partial charge in [-0.2, -0.15) is 0 Å². The largest absolute Gasteiger partial charge is 0.398 e. The number of carbonyl (C=O) groups is 1. The zero-order valence-corrected chi connectivity index (χ0v) is 11.4. The summed E-state index contributed by atoms with van der Waals surface area (Å²) in [6, 6.07) is 10.5. The van der Waals surface area contributed by atoms with Crippen molar-refractivity contribution < 1.29 is 4.79 Å². The van der Waals surface area contributed by atoms with Crippen molar-refractivity contribution >= 4 is 28.3 Å². The number of nitrogen functional groups attached to an aromatic ring is 1. The molecule has 6 heteroatoms. The highest BCUT2D eigenvalue weighted by Gasteiger charge is 2.13. The van der Waals surface area contributed by atoms with Gasteiger partial charge in [0, 0.05) is 11.4 Å². The van der Waals surface area contributed by atoms with Crippen LogP contribution in [0.25, 0.3) is 11.0 Å². The summed E-state index contributed by atoms with van der Waals surface area (Å²) in [6.07, 6.45) is 0. The molecule has 5 N–H and O–H groups in total. The Balaban J connectivity index is 1.94. The van der Waals surface area contributed by atoms with Gasteiger partial charge < -0.3 is 21.0 Å². The van der Waals surface area contributed by atoms with Crippen LogP contribution in [-0.2, 0) is 0 Å². The van der Waals surface area contributed by atoms with Crippen molar-refractivity contribution in [3.8, 4) is 0 Å². The monoisotopic (exact) mass is 282 g/mol. The Morgan fingerprint density at radius 3 is 2.67 bits per heavy atom. The number of aromatic nitrogens is 2. The topological polar surface area (TPSA) is 104 Å². The highest BCUT2D eigenvalue weighted by atomic mass is 16.2. The molecule has 21 heavy (non-hydrogen) atoms. The number of nitrogens with one attached hydrogen (secondary N) is 3. The van der Waals surface area contributed by atoms with E-state index in [1.54, 1.807) is 30.3 Å². The molecule has 0 saturated heterocycles. The second-order valence-corrected chi connectivity index (χ2v) is 4.83. The van der Waals surface area contributed by atoms with Gasteiger partial charge in [0.25, 0.3) is 5.91 Å². The van der Waals surface area contributed by atoms with Gasteiger partial charge in [-0.1, -0.05) is 12.1 Å². The van der Waals surface area contributed by atoms with Gasteiger partial charge in [-0.05, 0) is 36.8 Å². The average Bonchev–Trinajstić information content (AvgIpc) is 2.77. The number of hydrogen-bond donors (Lipinski definition) is 4. The molecule has 6 nitrogen and oxygen atoms in total. The third kappa shape index (κ3) is 2.38. The summed E-state index contributed by atoms with van der Waals surface area (Å²) in [6.45, 7) is 1.83. The second kappa shape index (κ2) is 4.82. The lowest BCUT2D eigenvalue weighted by Crippen LogP contribution is -2.15. The van der Waals surface area contributed by atoms with Gasteiger partial charge in [-0.25, -0.2) is 4.79 Å². The summed E-state index contributed by atoms with van der Waals surface area (Å²) in [5, 5.41) is 2.79. The molecule has 2 aromatic carbocycles. The van der Waals surface area contributed by atoms with Gasteiger partial charge in [-0.3, -0.25) is 4.79 Å². The molecule has 3 aromatic rings. The molecule has 0 radical (unpaired) electrons. The van der Waals surface area contributed by atoms with Gasteiger partial charge >= 0.3 is 5.69 Å². The van der Waals surface area contributed by atoms with Gasteiger partial charge in [0.15, 0.2) is 0 Å². The van der Waals surface area contributed by atoms with E-state index in [4.69, 9.17) is 5.73 Å². The Hall–Kier alpha value is -3.02. The molecule has 3 rings (SSSR count). The Labute approximate surface area is 120 Å². The molecule has 0 atom stereocenters. The molecule has 0 fully saturated rings. The van der Waals surface area contributed by atoms with E-state index >= 15 is 0 Å². The Morgan fingerprint density at radius 2 is 1.90 bits per heavy atom. The van der Waals surface area contributed by atoms with E-state index < -0.39 is 0 Å². The first-order chi connectivity index (χ1) is 10.0. The summed E-state index contributed by atoms with van der Waals surface area (Å²) in [7, 11) is 0. The first-order valence-corrected chi connectivity index (χ1v) is 6.43. The summed E-state index contributed by atoms with van der Waals surface area (Å²) >= 11 is 0. The van der Waals surface area contributed by atoms with E-state index in [1.165, 1.54) is 0 Å². The zero-order valence-electron chi connectivity index (χ0n) is 11.4. The molecule has 0 aliphatic heterocycles. The number of carbonyl (C=O) groups excluding carboxylic acids is 1. The quantitative estimate of drug-likeness (QED) is 0.540. The average molecular weight is 282 g/mol. The fourth-order valence-corrected chi connectivity index (χ4v) is 2.30. The second-order valence-electron chi connectivity index (χ2n) is 4.83. The number of amides is 1. The van der Waals surface area contributed by atoms with Crippen LogP contribution < -0.4 is 16.7 Å². The number of fused-ring (bicyclic) bond motifs is 1. The third-order valence-corrected chi connectivity index (χ3v) is 3.31. The first-order valence-electron chi connectivity index (χ1n) is 6.43. The molecular formula is C15H14N4O2. The van der Waals surface area contributed by atoms with Crippen molar-refractivity contribution in [2.24, 2.45) is 0 Å². The van der Waals surface area contributed by atoms with Crippen LogP contribution in [0.15, 0.2) is 41.2 Å². The number of hydrogen-bond acceptors (Lipinski definition) is 3. The van der Waals surface area contributed by atoms with Crippen LogP contribution >= 0.6 is 0 Å². The number of imidazole rings is 1. The Bertz CT molecular complexity index is 872. The van der Waals surface area contributed by atoms with Gasteiger partial charge in [0.05, 0.1) is 16.6 Å². The molecule has 106 valence electrons. The van der Waals surface area contributed by atoms with Crippen molar-refractivity contribution in [1.82, 2.24) is 9.97 Å². The van der Waals surface area contributed by atoms with Crippen molar-refractivity contribution in [2.75, 3.05) is 11.1 Å². The third-order valence-electron chi connectivity index (χ3n) is 3.31. The molecular weight excluding hydrogens is 268 g/mol. The number of nitrogens with two attached hydrogens (primary N) is 1. The number of aryl methyl sites for hydroxylation is 1. The SMILES string of the molecule is Cc1cccc(N)c1C(=O)Nc1ccc2[nH]c(=O)[nH]c2c1. The van der Waals surface area contributed by atoms with Crippen LogP contribution in [0.4, 0.5) is 11.4 Å². The van der Waals surface area contributed by atoms with Crippen LogP contribution in [0.3, 0.4) is 0 Å². The van der Waals surface area contributed by atoms with Crippen molar-refractivity contribution in [3.63, 3.8) is 0 Å². The van der Waals surface area contributed by atoms with Gasteiger partial charge in [0.1, 0.15) is 0 Å². The molecule has 0 unspecified atom stereocenters. The zero-order chi connectivity index (χ0) is 15.0. The van der Waals surface area contributed by atoms with Crippen LogP contribution in [0.1, 0.15) is 15.9 Å². The molecule has 0 bridgehead atoms. The summed E-state index contributed by atoms with van der Waals surface area (Å²) in [5.74, 6) is -0.275. The minimum Gasteiger partial charge on any atom is -0.398 e. The number of benzene rings is 2. The fraction of sp³-hybridized carbons (Fsp3) is 0.0667. The highest BCUT2D eigenvalue weighted by Crippen LogP contribution is 2.20. The van der Waals surface area contributed by atoms with Crippen molar-refractivity contribution in [3.05, 3.63) is 58.0 Å². The summed E-state index contributed by atoms with van der Waals surface area (Å²) in [4.78, 5) is 28.8. The van der Waals surface area contributed by atoms with Crippen molar-refractivity contribution in [2.45, 2.75) is 6.92 Å². The minimum atomic E-state index is -0.281. The molecule has 0 aliphatic carbocycles. The van der Waals surface area contributed by atoms with Crippen LogP contribution in [0.2, 0.25) is 0 Å². The smallest absolute Gasteiger partial charge is 0.323 e. The van der Waals surface area contributed by atoms with E-state index in [9.17, 15) is 9.59 Å². The maximum absolute atomic E-state index is 12.3. The molecule has 1 aromatic heterocycles. The molecule has 1 amide bonds. The Kier molecular flexibility index (Phi) is 2.98. The van der Waals surface area contributed by atoms with Crippen LogP contribution in [-0.4, -0.2) is 15.9 Å². The normalized spacial score (nSPS) is 10.7. The maximum atomic E-state index is 12.3. The molecule has 0 aliphatic rings. The number of rotatable bonds is 2. The number of anilines is 2. The summed E-state index contributed by atoms with van der Waals surface area (Å²) < 4.78 is 0.